The molecule has 2 heterocycles. The van der Waals surface area contributed by atoms with Crippen molar-refractivity contribution in [1.82, 2.24) is 10.2 Å². The fourth-order valence-electron chi connectivity index (χ4n) is 2.71. The van der Waals surface area contributed by atoms with Gasteiger partial charge in [-0.3, -0.25) is 4.90 Å². The molecule has 1 aliphatic rings. The Labute approximate surface area is 169 Å². The van der Waals surface area contributed by atoms with Gasteiger partial charge in [-0.2, -0.15) is 0 Å². The summed E-state index contributed by atoms with van der Waals surface area (Å²) < 4.78 is 1.70. The van der Waals surface area contributed by atoms with E-state index in [1.54, 1.807) is 11.3 Å². The van der Waals surface area contributed by atoms with Crippen molar-refractivity contribution in [3.8, 4) is 5.75 Å². The van der Waals surface area contributed by atoms with Crippen LogP contribution in [0.2, 0.25) is 0 Å². The van der Waals surface area contributed by atoms with E-state index in [4.69, 9.17) is 0 Å². The van der Waals surface area contributed by atoms with Crippen LogP contribution in [0.4, 0.5) is 0 Å². The van der Waals surface area contributed by atoms with E-state index in [-0.39, 0.29) is 30.9 Å². The van der Waals surface area contributed by atoms with E-state index in [1.807, 2.05) is 12.1 Å². The van der Waals surface area contributed by atoms with Crippen LogP contribution in [0.25, 0.3) is 0 Å². The summed E-state index contributed by atoms with van der Waals surface area (Å²) >= 11 is 8.72. The summed E-state index contributed by atoms with van der Waals surface area (Å²) in [4.78, 5) is 3.69. The number of halogens is 4. The second kappa shape index (κ2) is 9.61. The third kappa shape index (κ3) is 4.84. The second-order valence-electron chi connectivity index (χ2n) is 5.03. The van der Waals surface area contributed by atoms with Crippen LogP contribution in [0, 0.1) is 0 Å². The number of hydrogen-bond donors (Lipinski definition) is 2. The third-order valence-electron chi connectivity index (χ3n) is 3.68. The summed E-state index contributed by atoms with van der Waals surface area (Å²) in [6, 6.07) is 8.21. The zero-order valence-electron chi connectivity index (χ0n) is 12.2. The molecule has 0 amide bonds. The first-order chi connectivity index (χ1) is 10.2. The first-order valence-corrected chi connectivity index (χ1v) is 9.29. The van der Waals surface area contributed by atoms with Crippen molar-refractivity contribution >= 4 is 68.0 Å². The molecule has 0 aliphatic carbocycles. The van der Waals surface area contributed by atoms with Crippen LogP contribution < -0.4 is 5.32 Å². The van der Waals surface area contributed by atoms with E-state index in [9.17, 15) is 5.11 Å². The van der Waals surface area contributed by atoms with Crippen molar-refractivity contribution < 1.29 is 5.11 Å². The Morgan fingerprint density at radius 2 is 1.87 bits per heavy atom. The second-order valence-corrected chi connectivity index (χ2v) is 7.78. The van der Waals surface area contributed by atoms with Crippen LogP contribution in [-0.2, 0) is 0 Å². The van der Waals surface area contributed by atoms with Crippen molar-refractivity contribution in [2.45, 2.75) is 6.04 Å². The Kier molecular flexibility index (Phi) is 8.87. The summed E-state index contributed by atoms with van der Waals surface area (Å²) in [6.07, 6.45) is 0. The Morgan fingerprint density at radius 3 is 2.48 bits per heavy atom. The van der Waals surface area contributed by atoms with Crippen molar-refractivity contribution in [3.05, 3.63) is 49.0 Å². The highest BCUT2D eigenvalue weighted by Gasteiger charge is 2.27. The predicted molar refractivity (Wildman–Crippen MR) is 109 cm³/mol. The Balaban J connectivity index is 0.00000132. The van der Waals surface area contributed by atoms with Crippen LogP contribution in [0.1, 0.15) is 16.5 Å². The van der Waals surface area contributed by atoms with Crippen LogP contribution in [-0.4, -0.2) is 36.2 Å². The normalized spacial score (nSPS) is 16.3. The van der Waals surface area contributed by atoms with Gasteiger partial charge in [0.2, 0.25) is 0 Å². The lowest BCUT2D eigenvalue weighted by molar-refractivity contribution is 0.198. The molecular weight excluding hydrogens is 487 g/mol. The van der Waals surface area contributed by atoms with Gasteiger partial charge in [0.15, 0.2) is 0 Å². The summed E-state index contributed by atoms with van der Waals surface area (Å²) in [6.45, 7) is 3.92. The Bertz CT molecular complexity index is 622. The maximum atomic E-state index is 10.5. The van der Waals surface area contributed by atoms with Gasteiger partial charge in [0.25, 0.3) is 0 Å². The van der Waals surface area contributed by atoms with Crippen molar-refractivity contribution in [3.63, 3.8) is 0 Å². The summed E-state index contributed by atoms with van der Waals surface area (Å²) in [5, 5.41) is 16.0. The molecule has 0 spiro atoms. The molecule has 1 aromatic carbocycles. The Hall–Kier alpha value is 0.180. The molecule has 3 rings (SSSR count). The number of piperazine rings is 1. The Morgan fingerprint density at radius 1 is 1.17 bits per heavy atom. The van der Waals surface area contributed by atoms with E-state index in [0.717, 1.165) is 40.7 Å². The number of thiophene rings is 1. The molecular formula is C15H18Br2Cl2N2OS. The highest BCUT2D eigenvalue weighted by Crippen LogP contribution is 2.41. The fourth-order valence-corrected chi connectivity index (χ4v) is 4.85. The number of aromatic hydroxyl groups is 1. The quantitative estimate of drug-likeness (QED) is 0.629. The molecule has 23 heavy (non-hydrogen) atoms. The van der Waals surface area contributed by atoms with E-state index in [0.29, 0.717) is 5.75 Å². The predicted octanol–water partition coefficient (Wildman–Crippen LogP) is 4.82. The molecule has 1 aromatic heterocycles. The fraction of sp³-hybridized carbons (Fsp3) is 0.333. The SMILES string of the molecule is Cl.Cl.Oc1c(Br)cc(Br)cc1[C@@H](c1cccs1)N1CCNCC1. The number of nitrogens with zero attached hydrogens (tertiary/aromatic N) is 1. The van der Waals surface area contributed by atoms with Gasteiger partial charge in [0.05, 0.1) is 10.5 Å². The smallest absolute Gasteiger partial charge is 0.134 e. The molecule has 8 heteroatoms. The van der Waals surface area contributed by atoms with Crippen molar-refractivity contribution in [1.29, 1.82) is 0 Å². The molecule has 0 saturated carbocycles. The molecule has 3 nitrogen and oxygen atoms in total. The molecule has 2 aromatic rings. The van der Waals surface area contributed by atoms with E-state index in [1.165, 1.54) is 4.88 Å². The number of phenolic OH excluding ortho intramolecular Hbond substituents is 1. The number of phenols is 1. The summed E-state index contributed by atoms with van der Waals surface area (Å²) in [7, 11) is 0. The van der Waals surface area contributed by atoms with Crippen LogP contribution in [0.3, 0.4) is 0 Å². The van der Waals surface area contributed by atoms with Gasteiger partial charge in [-0.25, -0.2) is 0 Å². The zero-order chi connectivity index (χ0) is 14.8. The van der Waals surface area contributed by atoms with Gasteiger partial charge in [-0.1, -0.05) is 22.0 Å². The van der Waals surface area contributed by atoms with Gasteiger partial charge in [0.1, 0.15) is 5.75 Å². The molecule has 0 bridgehead atoms. The number of nitrogens with one attached hydrogen (secondary N) is 1. The van der Waals surface area contributed by atoms with E-state index in [2.05, 4.69) is 59.6 Å². The van der Waals surface area contributed by atoms with Gasteiger partial charge in [-0.15, -0.1) is 36.2 Å². The molecule has 0 unspecified atom stereocenters. The first kappa shape index (κ1) is 21.2. The minimum Gasteiger partial charge on any atom is -0.506 e. The third-order valence-corrected chi connectivity index (χ3v) is 5.67. The molecule has 128 valence electrons. The largest absolute Gasteiger partial charge is 0.506 e. The first-order valence-electron chi connectivity index (χ1n) is 6.83. The molecule has 1 aliphatic heterocycles. The molecule has 0 radical (unpaired) electrons. The average molecular weight is 505 g/mol. The highest BCUT2D eigenvalue weighted by molar-refractivity contribution is 9.11. The lowest BCUT2D eigenvalue weighted by Crippen LogP contribution is -2.45. The lowest BCUT2D eigenvalue weighted by Gasteiger charge is -2.35. The van der Waals surface area contributed by atoms with E-state index < -0.39 is 0 Å². The van der Waals surface area contributed by atoms with Gasteiger partial charge in [-0.05, 0) is 39.5 Å². The lowest BCUT2D eigenvalue weighted by atomic mass is 10.0. The van der Waals surface area contributed by atoms with Crippen LogP contribution in [0.5, 0.6) is 5.75 Å². The molecule has 2 N–H and O–H groups in total. The molecule has 1 saturated heterocycles. The number of hydrogen-bond acceptors (Lipinski definition) is 4. The van der Waals surface area contributed by atoms with Crippen molar-refractivity contribution in [2.75, 3.05) is 26.2 Å². The minimum atomic E-state index is 0. The minimum absolute atomic E-state index is 0. The monoisotopic (exact) mass is 502 g/mol. The van der Waals surface area contributed by atoms with Gasteiger partial charge in [0, 0.05) is 41.1 Å². The van der Waals surface area contributed by atoms with E-state index >= 15 is 0 Å². The van der Waals surface area contributed by atoms with Crippen LogP contribution >= 0.6 is 68.0 Å². The summed E-state index contributed by atoms with van der Waals surface area (Å²) in [5.41, 5.74) is 0.945. The van der Waals surface area contributed by atoms with Gasteiger partial charge >= 0.3 is 0 Å². The van der Waals surface area contributed by atoms with Crippen LogP contribution in [0.15, 0.2) is 38.6 Å². The zero-order valence-corrected chi connectivity index (χ0v) is 17.8. The van der Waals surface area contributed by atoms with Gasteiger partial charge < -0.3 is 10.4 Å². The number of benzene rings is 1. The average Bonchev–Trinajstić information content (AvgIpc) is 2.99. The maximum Gasteiger partial charge on any atom is 0.134 e. The standard InChI is InChI=1S/C15H16Br2N2OS.2ClH/c16-10-8-11(15(20)12(17)9-10)14(13-2-1-7-21-13)19-5-3-18-4-6-19;;/h1-2,7-9,14,18,20H,3-6H2;2*1H/t14-;;/m0../s1. The molecule has 1 fully saturated rings. The number of rotatable bonds is 3. The topological polar surface area (TPSA) is 35.5 Å². The molecule has 1 atom stereocenters. The maximum absolute atomic E-state index is 10.5. The highest BCUT2D eigenvalue weighted by atomic mass is 79.9. The summed E-state index contributed by atoms with van der Waals surface area (Å²) in [5.74, 6) is 0.329. The van der Waals surface area contributed by atoms with Crippen molar-refractivity contribution in [2.24, 2.45) is 0 Å².